The van der Waals surface area contributed by atoms with Gasteiger partial charge in [-0.2, -0.15) is 11.8 Å². The normalized spacial score (nSPS) is 25.6. The fourth-order valence-electron chi connectivity index (χ4n) is 3.22. The highest BCUT2D eigenvalue weighted by atomic mass is 32.2. The molecule has 10 nitrogen and oxygen atoms in total. The van der Waals surface area contributed by atoms with Crippen LogP contribution in [0.4, 0.5) is 4.79 Å². The number of unbranched alkanes of at least 4 members (excludes halogenated alkanes) is 1. The van der Waals surface area contributed by atoms with E-state index in [0.717, 1.165) is 6.42 Å². The van der Waals surface area contributed by atoms with Gasteiger partial charge in [-0.15, -0.1) is 0 Å². The molecular formula is C15H23N3O7S. The Bertz CT molecular complexity index is 573. The van der Waals surface area contributed by atoms with Crippen LogP contribution >= 0.6 is 11.8 Å². The monoisotopic (exact) mass is 389 g/mol. The van der Waals surface area contributed by atoms with E-state index in [1.54, 1.807) is 11.8 Å². The van der Waals surface area contributed by atoms with Crippen molar-refractivity contribution < 1.29 is 34.5 Å². The fraction of sp³-hybridized carbons (Fsp3) is 0.733. The molecule has 0 bridgehead atoms. The van der Waals surface area contributed by atoms with Gasteiger partial charge in [0, 0.05) is 23.8 Å². The summed E-state index contributed by atoms with van der Waals surface area (Å²) in [4.78, 5) is 44.9. The second kappa shape index (κ2) is 9.08. The number of hydrazine groups is 1. The maximum Gasteiger partial charge on any atom is 0.332 e. The summed E-state index contributed by atoms with van der Waals surface area (Å²) in [6.07, 6.45) is 1.62. The minimum atomic E-state index is -1.22. The Kier molecular flexibility index (Phi) is 7.09. The van der Waals surface area contributed by atoms with Crippen LogP contribution in [-0.4, -0.2) is 73.4 Å². The Labute approximate surface area is 154 Å². The molecule has 4 atom stereocenters. The first-order valence-electron chi connectivity index (χ1n) is 8.43. The number of carbonyl (C=O) groups excluding carboxylic acids is 1. The van der Waals surface area contributed by atoms with Crippen molar-refractivity contribution in [3.63, 3.8) is 0 Å². The Morgan fingerprint density at radius 2 is 1.88 bits per heavy atom. The van der Waals surface area contributed by atoms with Gasteiger partial charge >= 0.3 is 23.9 Å². The first kappa shape index (κ1) is 20.3. The molecule has 2 aliphatic heterocycles. The SMILES string of the molecule is O=C(O)CCCC[C@H]1SC[C@H]2NC(=O)N(NC(CCC(=O)O)C(=O)O)[C@H]21. The van der Waals surface area contributed by atoms with Gasteiger partial charge in [0.25, 0.3) is 0 Å². The molecule has 0 saturated carbocycles. The molecule has 26 heavy (non-hydrogen) atoms. The molecule has 11 heteroatoms. The Morgan fingerprint density at radius 1 is 1.19 bits per heavy atom. The molecular weight excluding hydrogens is 366 g/mol. The number of aliphatic carboxylic acids is 3. The molecule has 2 rings (SSSR count). The van der Waals surface area contributed by atoms with Crippen LogP contribution in [0.5, 0.6) is 0 Å². The van der Waals surface area contributed by atoms with Gasteiger partial charge in [-0.1, -0.05) is 6.42 Å². The molecule has 0 aromatic heterocycles. The van der Waals surface area contributed by atoms with Crippen LogP contribution in [0.1, 0.15) is 38.5 Å². The van der Waals surface area contributed by atoms with Crippen molar-refractivity contribution in [1.29, 1.82) is 0 Å². The molecule has 2 amide bonds. The number of nitrogens with one attached hydrogen (secondary N) is 2. The van der Waals surface area contributed by atoms with Crippen molar-refractivity contribution in [3.05, 3.63) is 0 Å². The smallest absolute Gasteiger partial charge is 0.332 e. The number of carboxylic acids is 3. The number of amides is 2. The lowest BCUT2D eigenvalue weighted by atomic mass is 10.0. The van der Waals surface area contributed by atoms with Gasteiger partial charge in [0.2, 0.25) is 0 Å². The van der Waals surface area contributed by atoms with Crippen LogP contribution in [0.15, 0.2) is 0 Å². The highest BCUT2D eigenvalue weighted by Gasteiger charge is 2.49. The third-order valence-corrected chi connectivity index (χ3v) is 5.97. The minimum Gasteiger partial charge on any atom is -0.481 e. The number of urea groups is 1. The average molecular weight is 389 g/mol. The molecule has 0 spiro atoms. The van der Waals surface area contributed by atoms with Crippen molar-refractivity contribution >= 4 is 35.7 Å². The number of carbonyl (C=O) groups is 4. The van der Waals surface area contributed by atoms with Crippen molar-refractivity contribution in [2.75, 3.05) is 5.75 Å². The fourth-order valence-corrected chi connectivity index (χ4v) is 4.80. The number of fused-ring (bicyclic) bond motifs is 1. The first-order chi connectivity index (χ1) is 12.3. The maximum absolute atomic E-state index is 12.2. The predicted molar refractivity (Wildman–Crippen MR) is 91.7 cm³/mol. The maximum atomic E-state index is 12.2. The first-order valence-corrected chi connectivity index (χ1v) is 9.48. The molecule has 2 aliphatic rings. The number of thioether (sulfide) groups is 1. The van der Waals surface area contributed by atoms with Gasteiger partial charge in [-0.05, 0) is 19.3 Å². The Balaban J connectivity index is 1.97. The van der Waals surface area contributed by atoms with E-state index in [2.05, 4.69) is 10.7 Å². The summed E-state index contributed by atoms with van der Waals surface area (Å²) in [5, 5.41) is 30.9. The molecule has 0 radical (unpaired) electrons. The Morgan fingerprint density at radius 3 is 2.50 bits per heavy atom. The predicted octanol–water partition coefficient (Wildman–Crippen LogP) is 0.332. The molecule has 2 heterocycles. The molecule has 0 aromatic rings. The third-order valence-electron chi connectivity index (χ3n) is 4.48. The zero-order valence-corrected chi connectivity index (χ0v) is 14.9. The van der Waals surface area contributed by atoms with Gasteiger partial charge < -0.3 is 20.6 Å². The summed E-state index contributed by atoms with van der Waals surface area (Å²) in [5.74, 6) is -2.46. The van der Waals surface area contributed by atoms with E-state index in [1.165, 1.54) is 5.01 Å². The lowest BCUT2D eigenvalue weighted by Crippen LogP contribution is -2.55. The van der Waals surface area contributed by atoms with Gasteiger partial charge in [0.1, 0.15) is 6.04 Å². The Hall–Kier alpha value is -2.01. The van der Waals surface area contributed by atoms with Crippen molar-refractivity contribution in [2.24, 2.45) is 0 Å². The molecule has 0 aliphatic carbocycles. The quantitative estimate of drug-likeness (QED) is 0.248. The van der Waals surface area contributed by atoms with E-state index in [-0.39, 0.29) is 36.6 Å². The average Bonchev–Trinajstić information content (AvgIpc) is 3.06. The number of rotatable bonds is 11. The standard InChI is InChI=1S/C15H23N3O7S/c19-11(20)4-2-1-3-10-13-9(7-26-10)16-15(25)18(13)17-8(14(23)24)5-6-12(21)22/h8-10,13,17H,1-7H2,(H,16,25)(H,19,20)(H,21,22)(H,23,24)/t8?,9-,10-,13-/m1/s1. The summed E-state index contributed by atoms with van der Waals surface area (Å²) in [6, 6.07) is -1.95. The van der Waals surface area contributed by atoms with E-state index in [1.807, 2.05) is 0 Å². The number of carboxylic acid groups (broad SMARTS) is 3. The molecule has 0 aromatic carbocycles. The lowest BCUT2D eigenvalue weighted by molar-refractivity contribution is -0.142. The number of hydrogen-bond acceptors (Lipinski definition) is 6. The topological polar surface area (TPSA) is 156 Å². The molecule has 1 unspecified atom stereocenters. The number of hydrogen-bond donors (Lipinski definition) is 5. The zero-order chi connectivity index (χ0) is 19.3. The molecule has 2 fully saturated rings. The summed E-state index contributed by atoms with van der Waals surface area (Å²) >= 11 is 1.67. The van der Waals surface area contributed by atoms with Crippen molar-refractivity contribution in [1.82, 2.24) is 15.8 Å². The van der Waals surface area contributed by atoms with Crippen LogP contribution in [0.2, 0.25) is 0 Å². The van der Waals surface area contributed by atoms with E-state index in [4.69, 9.17) is 10.2 Å². The van der Waals surface area contributed by atoms with Gasteiger partial charge in [0.05, 0.1) is 12.1 Å². The van der Waals surface area contributed by atoms with E-state index in [0.29, 0.717) is 18.6 Å². The van der Waals surface area contributed by atoms with Gasteiger partial charge in [0.15, 0.2) is 0 Å². The van der Waals surface area contributed by atoms with Crippen LogP contribution in [0, 0.1) is 0 Å². The second-order valence-corrected chi connectivity index (χ2v) is 7.65. The summed E-state index contributed by atoms with van der Waals surface area (Å²) in [5.41, 5.74) is 2.68. The van der Waals surface area contributed by atoms with Crippen molar-refractivity contribution in [2.45, 2.75) is 61.9 Å². The molecule has 5 N–H and O–H groups in total. The highest BCUT2D eigenvalue weighted by Crippen LogP contribution is 2.37. The molecule has 146 valence electrons. The highest BCUT2D eigenvalue weighted by molar-refractivity contribution is 8.00. The summed E-state index contributed by atoms with van der Waals surface area (Å²) in [6.45, 7) is 0. The molecule has 2 saturated heterocycles. The lowest BCUT2D eigenvalue weighted by Gasteiger charge is -2.30. The van der Waals surface area contributed by atoms with E-state index < -0.39 is 30.0 Å². The van der Waals surface area contributed by atoms with Crippen LogP contribution in [-0.2, 0) is 14.4 Å². The number of nitrogens with zero attached hydrogens (tertiary/aromatic N) is 1. The van der Waals surface area contributed by atoms with Crippen LogP contribution in [0.3, 0.4) is 0 Å². The second-order valence-electron chi connectivity index (χ2n) is 6.38. The van der Waals surface area contributed by atoms with Gasteiger partial charge in [-0.3, -0.25) is 19.4 Å². The van der Waals surface area contributed by atoms with Gasteiger partial charge in [-0.25, -0.2) is 10.2 Å². The summed E-state index contributed by atoms with van der Waals surface area (Å²) in [7, 11) is 0. The van der Waals surface area contributed by atoms with E-state index >= 15 is 0 Å². The minimum absolute atomic E-state index is 0.0640. The third kappa shape index (κ3) is 5.24. The van der Waals surface area contributed by atoms with Crippen molar-refractivity contribution in [3.8, 4) is 0 Å². The zero-order valence-electron chi connectivity index (χ0n) is 14.1. The largest absolute Gasteiger partial charge is 0.481 e. The van der Waals surface area contributed by atoms with Crippen LogP contribution in [0.25, 0.3) is 0 Å². The van der Waals surface area contributed by atoms with E-state index in [9.17, 15) is 24.3 Å². The van der Waals surface area contributed by atoms with Crippen LogP contribution < -0.4 is 10.7 Å². The summed E-state index contributed by atoms with van der Waals surface area (Å²) < 4.78 is 0.